The second kappa shape index (κ2) is 6.44. The average molecular weight is 290 g/mol. The van der Waals surface area contributed by atoms with E-state index < -0.39 is 0 Å². The summed E-state index contributed by atoms with van der Waals surface area (Å²) in [5.74, 6) is 1.04. The average Bonchev–Trinajstić information content (AvgIpc) is 2.43. The minimum Gasteiger partial charge on any atom is -0.456 e. The van der Waals surface area contributed by atoms with E-state index in [1.54, 1.807) is 24.3 Å². The van der Waals surface area contributed by atoms with Crippen molar-refractivity contribution in [1.82, 2.24) is 5.32 Å². The molecule has 0 aliphatic carbocycles. The van der Waals surface area contributed by atoms with Crippen molar-refractivity contribution in [3.8, 4) is 11.5 Å². The van der Waals surface area contributed by atoms with Crippen LogP contribution in [0.5, 0.6) is 11.5 Å². The van der Waals surface area contributed by atoms with E-state index in [0.717, 1.165) is 5.56 Å². The Morgan fingerprint density at radius 3 is 2.75 bits per heavy atom. The number of hydrogen-bond acceptors (Lipinski definition) is 2. The summed E-state index contributed by atoms with van der Waals surface area (Å²) in [6, 6.07) is 12.6. The molecule has 1 N–H and O–H groups in total. The first-order valence-electron chi connectivity index (χ1n) is 6.42. The number of amides is 1. The smallest absolute Gasteiger partial charge is 0.251 e. The Bertz CT molecular complexity index is 626. The van der Waals surface area contributed by atoms with E-state index in [1.165, 1.54) is 0 Å². The Labute approximate surface area is 123 Å². The largest absolute Gasteiger partial charge is 0.456 e. The quantitative estimate of drug-likeness (QED) is 0.916. The summed E-state index contributed by atoms with van der Waals surface area (Å²) < 4.78 is 5.72. The highest BCUT2D eigenvalue weighted by molar-refractivity contribution is 6.32. The molecule has 0 heterocycles. The summed E-state index contributed by atoms with van der Waals surface area (Å²) >= 11 is 6.13. The number of aryl methyl sites for hydroxylation is 1. The van der Waals surface area contributed by atoms with Gasteiger partial charge in [0.25, 0.3) is 5.91 Å². The van der Waals surface area contributed by atoms with Gasteiger partial charge in [-0.1, -0.05) is 23.7 Å². The Morgan fingerprint density at radius 1 is 1.25 bits per heavy atom. The zero-order valence-electron chi connectivity index (χ0n) is 11.4. The van der Waals surface area contributed by atoms with Crippen LogP contribution in [0.4, 0.5) is 0 Å². The van der Waals surface area contributed by atoms with E-state index in [9.17, 15) is 4.79 Å². The van der Waals surface area contributed by atoms with Gasteiger partial charge in [-0.05, 0) is 49.7 Å². The Hall–Kier alpha value is -2.00. The molecule has 104 valence electrons. The summed E-state index contributed by atoms with van der Waals surface area (Å²) in [5.41, 5.74) is 1.63. The van der Waals surface area contributed by atoms with Crippen molar-refractivity contribution in [2.24, 2.45) is 0 Å². The number of hydrogen-bond donors (Lipinski definition) is 1. The molecule has 0 unspecified atom stereocenters. The van der Waals surface area contributed by atoms with Gasteiger partial charge < -0.3 is 10.1 Å². The lowest BCUT2D eigenvalue weighted by Crippen LogP contribution is -2.22. The lowest BCUT2D eigenvalue weighted by Gasteiger charge is -2.09. The van der Waals surface area contributed by atoms with Crippen LogP contribution in [0.2, 0.25) is 5.02 Å². The molecular weight excluding hydrogens is 274 g/mol. The molecule has 0 fully saturated rings. The molecule has 0 atom stereocenters. The van der Waals surface area contributed by atoms with Crippen LogP contribution < -0.4 is 10.1 Å². The molecule has 0 bridgehead atoms. The van der Waals surface area contributed by atoms with Crippen LogP contribution in [-0.2, 0) is 0 Å². The lowest BCUT2D eigenvalue weighted by molar-refractivity contribution is 0.0955. The normalized spacial score (nSPS) is 10.2. The molecule has 2 aromatic carbocycles. The van der Waals surface area contributed by atoms with Gasteiger partial charge in [0.05, 0.1) is 5.02 Å². The fourth-order valence-electron chi connectivity index (χ4n) is 1.78. The summed E-state index contributed by atoms with van der Waals surface area (Å²) in [5, 5.41) is 3.30. The summed E-state index contributed by atoms with van der Waals surface area (Å²) in [7, 11) is 0. The van der Waals surface area contributed by atoms with Crippen molar-refractivity contribution in [3.05, 3.63) is 58.6 Å². The predicted octanol–water partition coefficient (Wildman–Crippen LogP) is 4.19. The van der Waals surface area contributed by atoms with Crippen LogP contribution in [0.25, 0.3) is 0 Å². The van der Waals surface area contributed by atoms with E-state index in [1.807, 2.05) is 32.0 Å². The first-order chi connectivity index (χ1) is 9.60. The maximum atomic E-state index is 11.8. The fraction of sp³-hybridized carbons (Fsp3) is 0.188. The zero-order chi connectivity index (χ0) is 14.5. The molecule has 0 saturated heterocycles. The van der Waals surface area contributed by atoms with Crippen LogP contribution >= 0.6 is 11.6 Å². The highest BCUT2D eigenvalue weighted by atomic mass is 35.5. The maximum Gasteiger partial charge on any atom is 0.251 e. The Kier molecular flexibility index (Phi) is 4.64. The number of halogens is 1. The molecule has 4 heteroatoms. The second-order valence-electron chi connectivity index (χ2n) is 4.42. The van der Waals surface area contributed by atoms with Crippen molar-refractivity contribution in [2.75, 3.05) is 6.54 Å². The molecule has 0 radical (unpaired) electrons. The minimum absolute atomic E-state index is 0.118. The van der Waals surface area contributed by atoms with Crippen molar-refractivity contribution in [2.45, 2.75) is 13.8 Å². The highest BCUT2D eigenvalue weighted by Crippen LogP contribution is 2.30. The van der Waals surface area contributed by atoms with Gasteiger partial charge in [0.2, 0.25) is 0 Å². The van der Waals surface area contributed by atoms with Crippen LogP contribution in [0.1, 0.15) is 22.8 Å². The third-order valence-electron chi connectivity index (χ3n) is 2.75. The molecule has 2 aromatic rings. The Balaban J connectivity index is 2.21. The third-order valence-corrected chi connectivity index (χ3v) is 3.04. The SMILES string of the molecule is CCNC(=O)c1cccc(Oc2ccc(C)cc2Cl)c1. The number of nitrogens with one attached hydrogen (secondary N) is 1. The van der Waals surface area contributed by atoms with Gasteiger partial charge in [0, 0.05) is 12.1 Å². The van der Waals surface area contributed by atoms with Crippen molar-refractivity contribution in [3.63, 3.8) is 0 Å². The van der Waals surface area contributed by atoms with Crippen LogP contribution in [0, 0.1) is 6.92 Å². The van der Waals surface area contributed by atoms with E-state index in [4.69, 9.17) is 16.3 Å². The molecule has 0 saturated carbocycles. The van der Waals surface area contributed by atoms with Crippen molar-refractivity contribution in [1.29, 1.82) is 0 Å². The van der Waals surface area contributed by atoms with E-state index in [2.05, 4.69) is 5.32 Å². The van der Waals surface area contributed by atoms with E-state index >= 15 is 0 Å². The van der Waals surface area contributed by atoms with Gasteiger partial charge in [-0.15, -0.1) is 0 Å². The van der Waals surface area contributed by atoms with Gasteiger partial charge in [-0.3, -0.25) is 4.79 Å². The molecule has 0 aliphatic heterocycles. The number of ether oxygens (including phenoxy) is 1. The van der Waals surface area contributed by atoms with Crippen LogP contribution in [-0.4, -0.2) is 12.5 Å². The van der Waals surface area contributed by atoms with Crippen LogP contribution in [0.15, 0.2) is 42.5 Å². The molecular formula is C16H16ClNO2. The summed E-state index contributed by atoms with van der Waals surface area (Å²) in [6.07, 6.45) is 0. The monoisotopic (exact) mass is 289 g/mol. The molecule has 20 heavy (non-hydrogen) atoms. The van der Waals surface area contributed by atoms with Gasteiger partial charge in [0.1, 0.15) is 11.5 Å². The summed E-state index contributed by atoms with van der Waals surface area (Å²) in [6.45, 7) is 4.43. The topological polar surface area (TPSA) is 38.3 Å². The highest BCUT2D eigenvalue weighted by Gasteiger charge is 2.07. The van der Waals surface area contributed by atoms with E-state index in [-0.39, 0.29) is 5.91 Å². The second-order valence-corrected chi connectivity index (χ2v) is 4.83. The lowest BCUT2D eigenvalue weighted by atomic mass is 10.2. The number of carbonyl (C=O) groups is 1. The summed E-state index contributed by atoms with van der Waals surface area (Å²) in [4.78, 5) is 11.8. The molecule has 0 aromatic heterocycles. The van der Waals surface area contributed by atoms with Gasteiger partial charge in [-0.2, -0.15) is 0 Å². The van der Waals surface area contributed by atoms with Gasteiger partial charge in [-0.25, -0.2) is 0 Å². The molecule has 0 spiro atoms. The molecule has 3 nitrogen and oxygen atoms in total. The molecule has 2 rings (SSSR count). The van der Waals surface area contributed by atoms with Gasteiger partial charge >= 0.3 is 0 Å². The standard InChI is InChI=1S/C16H16ClNO2/c1-3-18-16(19)12-5-4-6-13(10-12)20-15-8-7-11(2)9-14(15)17/h4-10H,3H2,1-2H3,(H,18,19). The Morgan fingerprint density at radius 2 is 2.05 bits per heavy atom. The number of rotatable bonds is 4. The van der Waals surface area contributed by atoms with Crippen molar-refractivity contribution < 1.29 is 9.53 Å². The molecule has 1 amide bonds. The third kappa shape index (κ3) is 3.52. The predicted molar refractivity (Wildman–Crippen MR) is 80.7 cm³/mol. The van der Waals surface area contributed by atoms with Gasteiger partial charge in [0.15, 0.2) is 0 Å². The molecule has 0 aliphatic rings. The first-order valence-corrected chi connectivity index (χ1v) is 6.80. The van der Waals surface area contributed by atoms with Crippen LogP contribution in [0.3, 0.4) is 0 Å². The number of carbonyl (C=O) groups excluding carboxylic acids is 1. The fourth-order valence-corrected chi connectivity index (χ4v) is 2.05. The first kappa shape index (κ1) is 14.4. The maximum absolute atomic E-state index is 11.8. The number of benzene rings is 2. The van der Waals surface area contributed by atoms with Crippen molar-refractivity contribution >= 4 is 17.5 Å². The zero-order valence-corrected chi connectivity index (χ0v) is 12.2. The minimum atomic E-state index is -0.118. The van der Waals surface area contributed by atoms with E-state index in [0.29, 0.717) is 28.6 Å².